The van der Waals surface area contributed by atoms with Crippen molar-refractivity contribution >= 4 is 34.1 Å². The van der Waals surface area contributed by atoms with Crippen LogP contribution in [0.2, 0.25) is 0 Å². The summed E-state index contributed by atoms with van der Waals surface area (Å²) in [5.74, 6) is 1.04. The number of nitrogen functional groups attached to an aromatic ring is 1. The van der Waals surface area contributed by atoms with Crippen molar-refractivity contribution in [1.29, 1.82) is 0 Å². The number of fused-ring (bicyclic) bond motifs is 1. The zero-order chi connectivity index (χ0) is 29.1. The quantitative estimate of drug-likeness (QED) is 0.326. The molecule has 2 aromatic carbocycles. The van der Waals surface area contributed by atoms with Crippen LogP contribution >= 0.6 is 0 Å². The molecule has 1 amide bonds. The summed E-state index contributed by atoms with van der Waals surface area (Å²) in [7, 11) is 0. The molecule has 1 unspecified atom stereocenters. The maximum absolute atomic E-state index is 14.0. The molecule has 1 atom stereocenters. The Labute approximate surface area is 238 Å². The molecule has 0 bridgehead atoms. The molecule has 212 valence electrons. The second kappa shape index (κ2) is 11.9. The molecule has 1 fully saturated rings. The van der Waals surface area contributed by atoms with Crippen LogP contribution in [0.5, 0.6) is 0 Å². The highest BCUT2D eigenvalue weighted by molar-refractivity contribution is 5.96. The number of para-hydroxylation sites is 1. The Kier molecular flexibility index (Phi) is 8.11. The summed E-state index contributed by atoms with van der Waals surface area (Å²) in [6, 6.07) is 14.8. The lowest BCUT2D eigenvalue weighted by Gasteiger charge is -2.26. The SMILES string of the molecule is CCC(Nc1nc(N)nc(C)c1/C(C)=C/C(=O)N1CCOCC1)c1nc2cccc(C)c2c(=O)n1-c1ccccc1. The number of carbonyl (C=O) groups is 1. The Morgan fingerprint density at radius 1 is 1.07 bits per heavy atom. The fraction of sp³-hybridized carbons (Fsp3) is 0.323. The minimum atomic E-state index is -0.414. The van der Waals surface area contributed by atoms with E-state index in [-0.39, 0.29) is 17.4 Å². The van der Waals surface area contributed by atoms with Crippen molar-refractivity contribution in [1.82, 2.24) is 24.4 Å². The number of benzene rings is 2. The van der Waals surface area contributed by atoms with Gasteiger partial charge in [0.2, 0.25) is 11.9 Å². The van der Waals surface area contributed by atoms with E-state index in [1.165, 1.54) is 0 Å². The van der Waals surface area contributed by atoms with Crippen LogP contribution in [-0.2, 0) is 9.53 Å². The first kappa shape index (κ1) is 28.0. The third-order valence-electron chi connectivity index (χ3n) is 7.34. The fourth-order valence-corrected chi connectivity index (χ4v) is 5.29. The molecule has 0 spiro atoms. The normalized spacial score (nSPS) is 14.7. The number of ether oxygens (including phenoxy) is 1. The summed E-state index contributed by atoms with van der Waals surface area (Å²) < 4.78 is 7.05. The van der Waals surface area contributed by atoms with E-state index in [0.29, 0.717) is 72.1 Å². The molecule has 1 saturated heterocycles. The van der Waals surface area contributed by atoms with E-state index in [2.05, 4.69) is 15.3 Å². The Morgan fingerprint density at radius 2 is 1.80 bits per heavy atom. The number of anilines is 2. The number of nitrogens with one attached hydrogen (secondary N) is 1. The van der Waals surface area contributed by atoms with Gasteiger partial charge in [0.25, 0.3) is 5.56 Å². The van der Waals surface area contributed by atoms with E-state index < -0.39 is 6.04 Å². The minimum absolute atomic E-state index is 0.0931. The van der Waals surface area contributed by atoms with Crippen LogP contribution in [0.1, 0.15) is 49.0 Å². The third kappa shape index (κ3) is 5.69. The van der Waals surface area contributed by atoms with E-state index in [9.17, 15) is 9.59 Å². The van der Waals surface area contributed by atoms with Gasteiger partial charge < -0.3 is 20.7 Å². The summed E-state index contributed by atoms with van der Waals surface area (Å²) >= 11 is 0. The molecule has 1 aliphatic heterocycles. The molecule has 3 heterocycles. The van der Waals surface area contributed by atoms with Crippen molar-refractivity contribution in [2.75, 3.05) is 37.4 Å². The molecule has 10 heteroatoms. The van der Waals surface area contributed by atoms with Crippen molar-refractivity contribution in [2.45, 2.75) is 40.2 Å². The van der Waals surface area contributed by atoms with E-state index in [1.807, 2.05) is 76.2 Å². The summed E-state index contributed by atoms with van der Waals surface area (Å²) in [6.07, 6.45) is 2.20. The first-order valence-electron chi connectivity index (χ1n) is 13.8. The lowest BCUT2D eigenvalue weighted by molar-refractivity contribution is -0.129. The lowest BCUT2D eigenvalue weighted by Crippen LogP contribution is -2.39. The molecule has 10 nitrogen and oxygen atoms in total. The summed E-state index contributed by atoms with van der Waals surface area (Å²) in [6.45, 7) is 9.78. The number of morpholine rings is 1. The summed E-state index contributed by atoms with van der Waals surface area (Å²) in [5, 5.41) is 4.09. The molecular weight excluding hydrogens is 518 g/mol. The van der Waals surface area contributed by atoms with Gasteiger partial charge in [0.1, 0.15) is 11.6 Å². The maximum Gasteiger partial charge on any atom is 0.266 e. The molecule has 3 N–H and O–H groups in total. The van der Waals surface area contributed by atoms with E-state index in [4.69, 9.17) is 15.5 Å². The topological polar surface area (TPSA) is 128 Å². The average molecular weight is 554 g/mol. The van der Waals surface area contributed by atoms with Crippen molar-refractivity contribution in [3.63, 3.8) is 0 Å². The number of aromatic nitrogens is 4. The van der Waals surface area contributed by atoms with Crippen LogP contribution in [0, 0.1) is 13.8 Å². The predicted octanol–water partition coefficient (Wildman–Crippen LogP) is 4.20. The van der Waals surface area contributed by atoms with Crippen molar-refractivity contribution in [2.24, 2.45) is 0 Å². The Bertz CT molecular complexity index is 1680. The third-order valence-corrected chi connectivity index (χ3v) is 7.34. The number of amides is 1. The van der Waals surface area contributed by atoms with Crippen molar-refractivity contribution < 1.29 is 9.53 Å². The van der Waals surface area contributed by atoms with Crippen LogP contribution in [0.4, 0.5) is 11.8 Å². The molecule has 0 aliphatic carbocycles. The first-order valence-corrected chi connectivity index (χ1v) is 13.8. The molecule has 1 aliphatic rings. The molecule has 5 rings (SSSR count). The smallest absolute Gasteiger partial charge is 0.266 e. The number of aryl methyl sites for hydroxylation is 2. The maximum atomic E-state index is 14.0. The molecule has 41 heavy (non-hydrogen) atoms. The van der Waals surface area contributed by atoms with Gasteiger partial charge in [-0.15, -0.1) is 0 Å². The average Bonchev–Trinajstić information content (AvgIpc) is 2.96. The van der Waals surface area contributed by atoms with Gasteiger partial charge in [-0.3, -0.25) is 14.2 Å². The van der Waals surface area contributed by atoms with Gasteiger partial charge in [-0.05, 0) is 56.5 Å². The van der Waals surface area contributed by atoms with Gasteiger partial charge in [-0.2, -0.15) is 4.98 Å². The second-order valence-corrected chi connectivity index (χ2v) is 10.2. The van der Waals surface area contributed by atoms with Crippen LogP contribution in [0.15, 0.2) is 59.4 Å². The number of carbonyl (C=O) groups excluding carboxylic acids is 1. The van der Waals surface area contributed by atoms with E-state index in [1.54, 1.807) is 15.5 Å². The molecule has 4 aromatic rings. The number of nitrogens with two attached hydrogens (primary N) is 1. The number of rotatable bonds is 7. The Balaban J connectivity index is 1.62. The zero-order valence-corrected chi connectivity index (χ0v) is 23.8. The predicted molar refractivity (Wildman–Crippen MR) is 161 cm³/mol. The molecule has 2 aromatic heterocycles. The zero-order valence-electron chi connectivity index (χ0n) is 23.8. The van der Waals surface area contributed by atoms with E-state index >= 15 is 0 Å². The number of allylic oxidation sites excluding steroid dienone is 1. The van der Waals surface area contributed by atoms with Crippen LogP contribution in [-0.4, -0.2) is 56.6 Å². The van der Waals surface area contributed by atoms with Gasteiger partial charge >= 0.3 is 0 Å². The lowest BCUT2D eigenvalue weighted by atomic mass is 10.0. The highest BCUT2D eigenvalue weighted by atomic mass is 16.5. The molecule has 0 radical (unpaired) electrons. The van der Waals surface area contributed by atoms with Crippen LogP contribution in [0.3, 0.4) is 0 Å². The largest absolute Gasteiger partial charge is 0.378 e. The summed E-state index contributed by atoms with van der Waals surface area (Å²) in [5.41, 5.74) is 10.2. The standard InChI is InChI=1S/C31H35N7O3/c1-5-23(29-35-24-13-9-10-19(2)27(24)30(40)38(29)22-11-7-6-8-12-22)34-28-26(21(4)33-31(32)36-28)20(3)18-25(39)37-14-16-41-17-15-37/h6-13,18,23H,5,14-17H2,1-4H3,(H3,32,33,34,36)/b20-18+. The number of hydrogen-bond acceptors (Lipinski definition) is 8. The monoisotopic (exact) mass is 553 g/mol. The van der Waals surface area contributed by atoms with Crippen LogP contribution in [0.25, 0.3) is 22.2 Å². The highest BCUT2D eigenvalue weighted by Crippen LogP contribution is 2.31. The van der Waals surface area contributed by atoms with Crippen molar-refractivity contribution in [3.8, 4) is 5.69 Å². The first-order chi connectivity index (χ1) is 19.8. The Hall–Kier alpha value is -4.57. The van der Waals surface area contributed by atoms with E-state index in [0.717, 1.165) is 11.3 Å². The highest BCUT2D eigenvalue weighted by Gasteiger charge is 2.24. The summed E-state index contributed by atoms with van der Waals surface area (Å²) in [4.78, 5) is 42.7. The second-order valence-electron chi connectivity index (χ2n) is 10.2. The van der Waals surface area contributed by atoms with Crippen LogP contribution < -0.4 is 16.6 Å². The minimum Gasteiger partial charge on any atom is -0.378 e. The van der Waals surface area contributed by atoms with Crippen molar-refractivity contribution in [3.05, 3.63) is 87.6 Å². The van der Waals surface area contributed by atoms with Gasteiger partial charge in [-0.25, -0.2) is 9.97 Å². The fourth-order valence-electron chi connectivity index (χ4n) is 5.29. The van der Waals surface area contributed by atoms with Gasteiger partial charge in [0.15, 0.2) is 0 Å². The number of hydrogen-bond donors (Lipinski definition) is 2. The van der Waals surface area contributed by atoms with Gasteiger partial charge in [0, 0.05) is 24.7 Å². The number of nitrogens with zero attached hydrogens (tertiary/aromatic N) is 5. The Morgan fingerprint density at radius 3 is 2.51 bits per heavy atom. The van der Waals surface area contributed by atoms with Gasteiger partial charge in [0.05, 0.1) is 41.5 Å². The molecular formula is C31H35N7O3. The molecule has 0 saturated carbocycles. The van der Waals surface area contributed by atoms with Gasteiger partial charge in [-0.1, -0.05) is 37.3 Å².